The summed E-state index contributed by atoms with van der Waals surface area (Å²) in [6.45, 7) is 3.36. The molecule has 154 valence electrons. The topological polar surface area (TPSA) is 80.8 Å². The Labute approximate surface area is 179 Å². The molecule has 0 saturated heterocycles. The number of esters is 1. The summed E-state index contributed by atoms with van der Waals surface area (Å²) < 4.78 is 5.30. The fraction of sp³-hybridized carbons (Fsp3) is 0.120. The van der Waals surface area contributed by atoms with Gasteiger partial charge < -0.3 is 4.74 Å². The Bertz CT molecular complexity index is 1220. The quantitative estimate of drug-likeness (QED) is 0.355. The van der Waals surface area contributed by atoms with E-state index >= 15 is 0 Å². The maximum Gasteiger partial charge on any atom is 0.338 e. The molecule has 0 unspecified atom stereocenters. The summed E-state index contributed by atoms with van der Waals surface area (Å²) in [7, 11) is 0. The third kappa shape index (κ3) is 3.75. The van der Waals surface area contributed by atoms with Crippen LogP contribution >= 0.6 is 0 Å². The first-order valence-electron chi connectivity index (χ1n) is 9.76. The van der Waals surface area contributed by atoms with Gasteiger partial charge in [0, 0.05) is 5.56 Å². The number of ether oxygens (including phenoxy) is 1. The molecule has 1 atom stereocenters. The summed E-state index contributed by atoms with van der Waals surface area (Å²) in [5, 5.41) is 0. The molecule has 0 radical (unpaired) electrons. The Morgan fingerprint density at radius 2 is 1.52 bits per heavy atom. The largest absolute Gasteiger partial charge is 0.451 e. The zero-order valence-corrected chi connectivity index (χ0v) is 17.0. The number of rotatable bonds is 5. The lowest BCUT2D eigenvalue weighted by Crippen LogP contribution is -2.29. The molecule has 2 amide bonds. The number of hydrogen-bond acceptors (Lipinski definition) is 5. The van der Waals surface area contributed by atoms with Crippen LogP contribution in [0.1, 0.15) is 53.9 Å². The van der Waals surface area contributed by atoms with Crippen LogP contribution in [0.2, 0.25) is 0 Å². The first kappa shape index (κ1) is 20.2. The average molecular weight is 413 g/mol. The van der Waals surface area contributed by atoms with Crippen LogP contribution in [0.4, 0.5) is 5.69 Å². The molecule has 0 aliphatic carbocycles. The first-order chi connectivity index (χ1) is 14.9. The van der Waals surface area contributed by atoms with Crippen molar-refractivity contribution in [3.05, 3.63) is 101 Å². The molecule has 0 N–H and O–H groups in total. The van der Waals surface area contributed by atoms with Crippen molar-refractivity contribution < 1.29 is 23.9 Å². The fourth-order valence-corrected chi connectivity index (χ4v) is 3.49. The van der Waals surface area contributed by atoms with E-state index in [1.165, 1.54) is 25.1 Å². The number of fused-ring (bicyclic) bond motifs is 1. The van der Waals surface area contributed by atoms with Crippen LogP contribution in [0.15, 0.2) is 72.8 Å². The van der Waals surface area contributed by atoms with E-state index in [4.69, 9.17) is 4.74 Å². The molecule has 3 aromatic rings. The molecule has 1 heterocycles. The van der Waals surface area contributed by atoms with Gasteiger partial charge in [-0.2, -0.15) is 0 Å². The minimum absolute atomic E-state index is 0.0960. The van der Waals surface area contributed by atoms with E-state index in [9.17, 15) is 19.2 Å². The molecular weight excluding hydrogens is 394 g/mol. The van der Waals surface area contributed by atoms with E-state index in [2.05, 4.69) is 0 Å². The molecule has 1 aliphatic heterocycles. The van der Waals surface area contributed by atoms with Crippen LogP contribution in [-0.2, 0) is 4.74 Å². The van der Waals surface area contributed by atoms with E-state index < -0.39 is 23.9 Å². The predicted octanol–water partition coefficient (Wildman–Crippen LogP) is 4.22. The SMILES string of the molecule is Cc1cccc(N2C(=O)c3ccc(C(=O)O[C@@H](C)C(=O)c4ccccc4)cc3C2=O)c1. The Morgan fingerprint density at radius 3 is 2.23 bits per heavy atom. The van der Waals surface area contributed by atoms with Gasteiger partial charge in [-0.3, -0.25) is 14.4 Å². The summed E-state index contributed by atoms with van der Waals surface area (Å²) >= 11 is 0. The predicted molar refractivity (Wildman–Crippen MR) is 114 cm³/mol. The summed E-state index contributed by atoms with van der Waals surface area (Å²) in [4.78, 5) is 51.8. The third-order valence-corrected chi connectivity index (χ3v) is 5.09. The molecule has 0 aromatic heterocycles. The molecule has 6 nitrogen and oxygen atoms in total. The van der Waals surface area contributed by atoms with Crippen LogP contribution < -0.4 is 4.90 Å². The monoisotopic (exact) mass is 413 g/mol. The van der Waals surface area contributed by atoms with Gasteiger partial charge in [0.05, 0.1) is 22.4 Å². The molecule has 1 aliphatic rings. The van der Waals surface area contributed by atoms with Crippen molar-refractivity contribution in [1.29, 1.82) is 0 Å². The first-order valence-corrected chi connectivity index (χ1v) is 9.76. The summed E-state index contributed by atoms with van der Waals surface area (Å²) in [6.07, 6.45) is -0.996. The molecule has 6 heteroatoms. The number of carbonyl (C=O) groups excluding carboxylic acids is 4. The Kier molecular flexibility index (Phi) is 5.21. The number of hydrogen-bond donors (Lipinski definition) is 0. The standard InChI is InChI=1S/C25H19NO5/c1-15-7-6-10-19(13-15)26-23(28)20-12-11-18(14-21(20)24(26)29)25(30)31-16(2)22(27)17-8-4-3-5-9-17/h3-14,16H,1-2H3/t16-/m0/s1. The van der Waals surface area contributed by atoms with Crippen molar-refractivity contribution in [2.45, 2.75) is 20.0 Å². The number of Topliss-reactive ketones (excluding diaryl/α,β-unsaturated/α-hetero) is 1. The van der Waals surface area contributed by atoms with Gasteiger partial charge in [0.2, 0.25) is 5.78 Å². The number of anilines is 1. The number of nitrogens with zero attached hydrogens (tertiary/aromatic N) is 1. The molecule has 0 fully saturated rings. The Balaban J connectivity index is 1.56. The summed E-state index contributed by atoms with van der Waals surface area (Å²) in [5.74, 6) is -2.02. The minimum Gasteiger partial charge on any atom is -0.451 e. The van der Waals surface area contributed by atoms with Crippen LogP contribution in [-0.4, -0.2) is 29.7 Å². The average Bonchev–Trinajstić information content (AvgIpc) is 3.03. The minimum atomic E-state index is -0.996. The van der Waals surface area contributed by atoms with Gasteiger partial charge in [0.15, 0.2) is 6.10 Å². The molecule has 31 heavy (non-hydrogen) atoms. The number of amides is 2. The lowest BCUT2D eigenvalue weighted by atomic mass is 10.1. The van der Waals surface area contributed by atoms with Crippen LogP contribution in [0, 0.1) is 6.92 Å². The molecule has 0 spiro atoms. The Morgan fingerprint density at radius 1 is 0.806 bits per heavy atom. The van der Waals surface area contributed by atoms with Crippen molar-refractivity contribution in [3.63, 3.8) is 0 Å². The molecular formula is C25H19NO5. The van der Waals surface area contributed by atoms with Crippen molar-refractivity contribution >= 4 is 29.3 Å². The lowest BCUT2D eigenvalue weighted by Gasteiger charge is -2.14. The summed E-state index contributed by atoms with van der Waals surface area (Å²) in [6, 6.07) is 19.8. The molecule has 3 aromatic carbocycles. The number of carbonyl (C=O) groups is 4. The highest BCUT2D eigenvalue weighted by Crippen LogP contribution is 2.29. The molecule has 0 bridgehead atoms. The van der Waals surface area contributed by atoms with Gasteiger partial charge in [-0.05, 0) is 49.7 Å². The van der Waals surface area contributed by atoms with Crippen LogP contribution in [0.25, 0.3) is 0 Å². The van der Waals surface area contributed by atoms with Crippen molar-refractivity contribution in [2.75, 3.05) is 4.90 Å². The smallest absolute Gasteiger partial charge is 0.338 e. The number of benzene rings is 3. The van der Waals surface area contributed by atoms with Crippen LogP contribution in [0.5, 0.6) is 0 Å². The lowest BCUT2D eigenvalue weighted by molar-refractivity contribution is 0.0318. The maximum atomic E-state index is 12.9. The van der Waals surface area contributed by atoms with E-state index in [1.807, 2.05) is 13.0 Å². The van der Waals surface area contributed by atoms with E-state index in [0.29, 0.717) is 11.3 Å². The van der Waals surface area contributed by atoms with Gasteiger partial charge in [-0.25, -0.2) is 9.69 Å². The highest BCUT2D eigenvalue weighted by Gasteiger charge is 2.37. The van der Waals surface area contributed by atoms with Gasteiger partial charge in [0.25, 0.3) is 11.8 Å². The Hall–Kier alpha value is -4.06. The number of imide groups is 1. The van der Waals surface area contributed by atoms with Crippen molar-refractivity contribution in [1.82, 2.24) is 0 Å². The van der Waals surface area contributed by atoms with E-state index in [-0.39, 0.29) is 22.5 Å². The number of ketones is 1. The number of aryl methyl sites for hydroxylation is 1. The zero-order chi connectivity index (χ0) is 22.1. The van der Waals surface area contributed by atoms with Crippen molar-refractivity contribution in [2.24, 2.45) is 0 Å². The molecule has 4 rings (SSSR count). The summed E-state index contributed by atoms with van der Waals surface area (Å²) in [5.41, 5.74) is 2.26. The van der Waals surface area contributed by atoms with Gasteiger partial charge in [-0.1, -0.05) is 42.5 Å². The van der Waals surface area contributed by atoms with E-state index in [0.717, 1.165) is 10.5 Å². The highest BCUT2D eigenvalue weighted by atomic mass is 16.5. The highest BCUT2D eigenvalue weighted by molar-refractivity contribution is 6.34. The normalized spacial score (nSPS) is 13.7. The van der Waals surface area contributed by atoms with E-state index in [1.54, 1.807) is 48.5 Å². The second-order valence-corrected chi connectivity index (χ2v) is 7.32. The van der Waals surface area contributed by atoms with Gasteiger partial charge >= 0.3 is 5.97 Å². The maximum absolute atomic E-state index is 12.9. The van der Waals surface area contributed by atoms with Crippen LogP contribution in [0.3, 0.4) is 0 Å². The molecule has 0 saturated carbocycles. The second kappa shape index (κ2) is 7.99. The van der Waals surface area contributed by atoms with Gasteiger partial charge in [0.1, 0.15) is 0 Å². The van der Waals surface area contributed by atoms with Crippen molar-refractivity contribution in [3.8, 4) is 0 Å². The zero-order valence-electron chi connectivity index (χ0n) is 17.0. The second-order valence-electron chi connectivity index (χ2n) is 7.32. The fourth-order valence-electron chi connectivity index (χ4n) is 3.49. The third-order valence-electron chi connectivity index (χ3n) is 5.09. The van der Waals surface area contributed by atoms with Gasteiger partial charge in [-0.15, -0.1) is 0 Å².